The van der Waals surface area contributed by atoms with Crippen molar-refractivity contribution in [3.05, 3.63) is 41.1 Å². The van der Waals surface area contributed by atoms with Crippen LogP contribution in [0.3, 0.4) is 0 Å². The molecule has 0 saturated carbocycles. The molecule has 0 unspecified atom stereocenters. The molecular weight excluding hydrogens is 348 g/mol. The van der Waals surface area contributed by atoms with E-state index in [2.05, 4.69) is 0 Å². The van der Waals surface area contributed by atoms with E-state index in [1.54, 1.807) is 18.2 Å². The average Bonchev–Trinajstić information content (AvgIpc) is 3.17. The predicted molar refractivity (Wildman–Crippen MR) is 95.2 cm³/mol. The van der Waals surface area contributed by atoms with Crippen molar-refractivity contribution < 1.29 is 23.4 Å². The lowest BCUT2D eigenvalue weighted by Gasteiger charge is -2.26. The smallest absolute Gasteiger partial charge is 0.254 e. The minimum absolute atomic E-state index is 0.0201. The maximum Gasteiger partial charge on any atom is 0.254 e. The number of carbonyl (C=O) groups is 1. The van der Waals surface area contributed by atoms with Gasteiger partial charge in [0.15, 0.2) is 17.4 Å². The van der Waals surface area contributed by atoms with E-state index in [1.165, 1.54) is 0 Å². The number of ether oxygens (including phenoxy) is 3. The lowest BCUT2D eigenvalue weighted by Crippen LogP contribution is -2.35. The second-order valence-corrected chi connectivity index (χ2v) is 7.14. The third-order valence-electron chi connectivity index (χ3n) is 5.39. The number of rotatable bonds is 2. The number of aromatic nitrogens is 1. The van der Waals surface area contributed by atoms with Crippen LogP contribution in [0.4, 0.5) is 0 Å². The fraction of sp³-hybridized carbons (Fsp3) is 0.500. The van der Waals surface area contributed by atoms with Crippen molar-refractivity contribution in [3.63, 3.8) is 0 Å². The lowest BCUT2D eigenvalue weighted by atomic mass is 10.0. The second-order valence-electron chi connectivity index (χ2n) is 7.14. The van der Waals surface area contributed by atoms with E-state index in [0.717, 1.165) is 43.4 Å². The number of carbonyl (C=O) groups excluding carboxylic acids is 1. The van der Waals surface area contributed by atoms with Crippen LogP contribution in [0, 0.1) is 0 Å². The molecule has 0 bridgehead atoms. The Kier molecular flexibility index (Phi) is 4.24. The minimum Gasteiger partial charge on any atom is -0.486 e. The Hall–Kier alpha value is -2.54. The molecule has 2 aromatic rings. The SMILES string of the molecule is O=C(c1ccc2c(c1)OCCO2)N1CCc2oc(C3CCOCC3)nc2C1. The highest BCUT2D eigenvalue weighted by Crippen LogP contribution is 2.33. The summed E-state index contributed by atoms with van der Waals surface area (Å²) in [6.45, 7) is 3.67. The molecule has 1 saturated heterocycles. The molecule has 1 aromatic heterocycles. The van der Waals surface area contributed by atoms with Crippen LogP contribution >= 0.6 is 0 Å². The standard InChI is InChI=1S/C20H22N2O5/c23-20(14-1-2-17-18(11-14)26-10-9-25-17)22-6-3-16-15(12-22)21-19(27-16)13-4-7-24-8-5-13/h1-2,11,13H,3-10,12H2. The molecule has 5 rings (SSSR count). The van der Waals surface area contributed by atoms with E-state index in [4.69, 9.17) is 23.6 Å². The fourth-order valence-electron chi connectivity index (χ4n) is 3.87. The monoisotopic (exact) mass is 370 g/mol. The van der Waals surface area contributed by atoms with Crippen LogP contribution in [-0.4, -0.2) is 48.8 Å². The first-order valence-electron chi connectivity index (χ1n) is 9.53. The van der Waals surface area contributed by atoms with Crippen molar-refractivity contribution in [2.24, 2.45) is 0 Å². The van der Waals surface area contributed by atoms with Gasteiger partial charge < -0.3 is 23.5 Å². The molecule has 4 heterocycles. The van der Waals surface area contributed by atoms with Crippen LogP contribution in [-0.2, 0) is 17.7 Å². The van der Waals surface area contributed by atoms with Crippen LogP contribution in [0.25, 0.3) is 0 Å². The number of hydrogen-bond acceptors (Lipinski definition) is 6. The van der Waals surface area contributed by atoms with Crippen LogP contribution < -0.4 is 9.47 Å². The number of benzene rings is 1. The summed E-state index contributed by atoms with van der Waals surface area (Å²) in [5.74, 6) is 3.35. The van der Waals surface area contributed by atoms with Gasteiger partial charge in [-0.15, -0.1) is 0 Å². The molecule has 0 spiro atoms. The largest absolute Gasteiger partial charge is 0.486 e. The van der Waals surface area contributed by atoms with Crippen LogP contribution in [0.5, 0.6) is 11.5 Å². The second kappa shape index (κ2) is 6.88. The summed E-state index contributed by atoms with van der Waals surface area (Å²) in [5, 5.41) is 0. The first kappa shape index (κ1) is 16.6. The molecule has 142 valence electrons. The van der Waals surface area contributed by atoms with Gasteiger partial charge in [0, 0.05) is 37.7 Å². The van der Waals surface area contributed by atoms with E-state index in [1.807, 2.05) is 4.90 Å². The van der Waals surface area contributed by atoms with Gasteiger partial charge in [-0.3, -0.25) is 4.79 Å². The van der Waals surface area contributed by atoms with Crippen molar-refractivity contribution in [2.75, 3.05) is 33.0 Å². The number of oxazole rings is 1. The van der Waals surface area contributed by atoms with Crippen LogP contribution in [0.15, 0.2) is 22.6 Å². The summed E-state index contributed by atoms with van der Waals surface area (Å²) in [5.41, 5.74) is 1.49. The zero-order valence-corrected chi connectivity index (χ0v) is 15.1. The fourth-order valence-corrected chi connectivity index (χ4v) is 3.87. The zero-order valence-electron chi connectivity index (χ0n) is 15.1. The van der Waals surface area contributed by atoms with E-state index in [-0.39, 0.29) is 5.91 Å². The van der Waals surface area contributed by atoms with Crippen LogP contribution in [0.1, 0.15) is 46.5 Å². The maximum atomic E-state index is 13.0. The topological polar surface area (TPSA) is 74.0 Å². The summed E-state index contributed by atoms with van der Waals surface area (Å²) in [6.07, 6.45) is 2.58. The first-order valence-corrected chi connectivity index (χ1v) is 9.53. The molecule has 27 heavy (non-hydrogen) atoms. The van der Waals surface area contributed by atoms with Gasteiger partial charge >= 0.3 is 0 Å². The van der Waals surface area contributed by atoms with Gasteiger partial charge in [0.05, 0.1) is 6.54 Å². The molecule has 3 aliphatic heterocycles. The van der Waals surface area contributed by atoms with Gasteiger partial charge in [-0.1, -0.05) is 0 Å². The lowest BCUT2D eigenvalue weighted by molar-refractivity contribution is 0.0724. The minimum atomic E-state index is -0.0201. The average molecular weight is 370 g/mol. The van der Waals surface area contributed by atoms with Crippen molar-refractivity contribution in [1.82, 2.24) is 9.88 Å². The zero-order chi connectivity index (χ0) is 18.2. The molecule has 0 aliphatic carbocycles. The highest BCUT2D eigenvalue weighted by Gasteiger charge is 2.29. The van der Waals surface area contributed by atoms with E-state index < -0.39 is 0 Å². The molecule has 1 fully saturated rings. The normalized spacial score (nSPS) is 19.6. The Morgan fingerprint density at radius 2 is 1.89 bits per heavy atom. The van der Waals surface area contributed by atoms with Gasteiger partial charge in [-0.2, -0.15) is 0 Å². The number of hydrogen-bond donors (Lipinski definition) is 0. The summed E-state index contributed by atoms with van der Waals surface area (Å²) in [6, 6.07) is 5.36. The quantitative estimate of drug-likeness (QED) is 0.809. The van der Waals surface area contributed by atoms with Crippen LogP contribution in [0.2, 0.25) is 0 Å². The third kappa shape index (κ3) is 3.16. The summed E-state index contributed by atoms with van der Waals surface area (Å²) in [4.78, 5) is 19.5. The predicted octanol–water partition coefficient (Wildman–Crippen LogP) is 2.54. The Morgan fingerprint density at radius 1 is 1.07 bits per heavy atom. The van der Waals surface area contributed by atoms with E-state index in [0.29, 0.717) is 55.7 Å². The summed E-state index contributed by atoms with van der Waals surface area (Å²) >= 11 is 0. The number of nitrogens with zero attached hydrogens (tertiary/aromatic N) is 2. The van der Waals surface area contributed by atoms with Gasteiger partial charge in [0.1, 0.15) is 24.7 Å². The highest BCUT2D eigenvalue weighted by molar-refractivity contribution is 5.95. The Bertz CT molecular complexity index is 856. The Morgan fingerprint density at radius 3 is 2.74 bits per heavy atom. The van der Waals surface area contributed by atoms with Crippen molar-refractivity contribution >= 4 is 5.91 Å². The molecular formula is C20H22N2O5. The van der Waals surface area contributed by atoms with Gasteiger partial charge in [-0.05, 0) is 31.0 Å². The molecule has 1 amide bonds. The van der Waals surface area contributed by atoms with Gasteiger partial charge in [0.2, 0.25) is 0 Å². The molecule has 0 N–H and O–H groups in total. The Balaban J connectivity index is 1.33. The molecule has 7 heteroatoms. The molecule has 0 atom stereocenters. The highest BCUT2D eigenvalue weighted by atomic mass is 16.6. The van der Waals surface area contributed by atoms with Gasteiger partial charge in [0.25, 0.3) is 5.91 Å². The van der Waals surface area contributed by atoms with Gasteiger partial charge in [-0.25, -0.2) is 4.98 Å². The number of amides is 1. The summed E-state index contributed by atoms with van der Waals surface area (Å²) in [7, 11) is 0. The number of fused-ring (bicyclic) bond motifs is 2. The maximum absolute atomic E-state index is 13.0. The van der Waals surface area contributed by atoms with E-state index >= 15 is 0 Å². The molecule has 3 aliphatic rings. The van der Waals surface area contributed by atoms with E-state index in [9.17, 15) is 4.79 Å². The third-order valence-corrected chi connectivity index (χ3v) is 5.39. The Labute approximate surface area is 157 Å². The van der Waals surface area contributed by atoms with Crippen molar-refractivity contribution in [3.8, 4) is 11.5 Å². The van der Waals surface area contributed by atoms with Crippen molar-refractivity contribution in [1.29, 1.82) is 0 Å². The molecule has 7 nitrogen and oxygen atoms in total. The van der Waals surface area contributed by atoms with Crippen molar-refractivity contribution in [2.45, 2.75) is 31.7 Å². The first-order chi connectivity index (χ1) is 13.3. The molecule has 0 radical (unpaired) electrons. The summed E-state index contributed by atoms with van der Waals surface area (Å²) < 4.78 is 22.6. The molecule has 1 aromatic carbocycles.